The van der Waals surface area contributed by atoms with Gasteiger partial charge in [-0.05, 0) is 57.5 Å². The molecule has 1 aromatic carbocycles. The Morgan fingerprint density at radius 2 is 1.81 bits per heavy atom. The average Bonchev–Trinajstić information content (AvgIpc) is 2.87. The number of anilines is 3. The summed E-state index contributed by atoms with van der Waals surface area (Å²) in [6.45, 7) is 7.63. The summed E-state index contributed by atoms with van der Waals surface area (Å²) >= 11 is 1.41. The topological polar surface area (TPSA) is 90.7 Å². The quantitative estimate of drug-likeness (QED) is 0.691. The number of carbonyl (C=O) groups excluding carboxylic acids is 1. The number of amides is 1. The molecule has 1 amide bonds. The van der Waals surface area contributed by atoms with Crippen LogP contribution in [0, 0.1) is 39.0 Å². The molecule has 3 rings (SSSR count). The predicted molar refractivity (Wildman–Crippen MR) is 108 cm³/mol. The molecule has 2 aromatic heterocycles. The smallest absolute Gasteiger partial charge is 0.256 e. The van der Waals surface area contributed by atoms with Crippen LogP contribution < -0.4 is 10.6 Å². The first-order chi connectivity index (χ1) is 12.9. The standard InChI is InChI=1S/C20H19N5OS/c1-11-8-12(2)23-20(22-11)24-16-7-5-6-15(9-16)18(26)25-19-17(10-21)13(3)14(4)27-19/h5-9H,1-4H3,(H,25,26)(H,22,23,24). The Hall–Kier alpha value is -3.24. The fraction of sp³-hybridized carbons (Fsp3) is 0.200. The van der Waals surface area contributed by atoms with E-state index in [0.29, 0.717) is 27.8 Å². The van der Waals surface area contributed by atoms with E-state index in [-0.39, 0.29) is 5.91 Å². The highest BCUT2D eigenvalue weighted by atomic mass is 32.1. The van der Waals surface area contributed by atoms with Crippen LogP contribution in [0.25, 0.3) is 0 Å². The number of nitrogens with zero attached hydrogens (tertiary/aromatic N) is 3. The van der Waals surface area contributed by atoms with E-state index in [1.807, 2.05) is 39.8 Å². The van der Waals surface area contributed by atoms with Crippen molar-refractivity contribution in [2.24, 2.45) is 0 Å². The number of carbonyl (C=O) groups is 1. The van der Waals surface area contributed by atoms with Crippen LogP contribution in [0.15, 0.2) is 30.3 Å². The number of aryl methyl sites for hydroxylation is 3. The molecule has 0 radical (unpaired) electrons. The van der Waals surface area contributed by atoms with Crippen LogP contribution in [0.4, 0.5) is 16.6 Å². The van der Waals surface area contributed by atoms with E-state index < -0.39 is 0 Å². The van der Waals surface area contributed by atoms with Gasteiger partial charge in [0.1, 0.15) is 11.1 Å². The lowest BCUT2D eigenvalue weighted by atomic mass is 10.1. The Morgan fingerprint density at radius 3 is 2.48 bits per heavy atom. The zero-order chi connectivity index (χ0) is 19.6. The first-order valence-electron chi connectivity index (χ1n) is 8.38. The zero-order valence-corrected chi connectivity index (χ0v) is 16.4. The second-order valence-electron chi connectivity index (χ2n) is 6.23. The molecular formula is C20H19N5OS. The van der Waals surface area contributed by atoms with E-state index in [2.05, 4.69) is 26.7 Å². The van der Waals surface area contributed by atoms with E-state index in [4.69, 9.17) is 0 Å². The minimum absolute atomic E-state index is 0.266. The summed E-state index contributed by atoms with van der Waals surface area (Å²) < 4.78 is 0. The molecule has 0 unspecified atom stereocenters. The van der Waals surface area contributed by atoms with E-state index in [0.717, 1.165) is 21.8 Å². The Bertz CT molecular complexity index is 1040. The van der Waals surface area contributed by atoms with Crippen molar-refractivity contribution >= 4 is 33.9 Å². The molecule has 0 saturated heterocycles. The third-order valence-electron chi connectivity index (χ3n) is 4.09. The van der Waals surface area contributed by atoms with Crippen LogP contribution >= 0.6 is 11.3 Å². The summed E-state index contributed by atoms with van der Waals surface area (Å²) in [5.41, 5.74) is 4.35. The zero-order valence-electron chi connectivity index (χ0n) is 15.5. The van der Waals surface area contributed by atoms with Crippen LogP contribution in [0.5, 0.6) is 0 Å². The molecule has 2 N–H and O–H groups in total. The maximum atomic E-state index is 12.6. The van der Waals surface area contributed by atoms with Crippen LogP contribution in [0.2, 0.25) is 0 Å². The monoisotopic (exact) mass is 377 g/mol. The third kappa shape index (κ3) is 4.13. The minimum atomic E-state index is -0.266. The van der Waals surface area contributed by atoms with Crippen molar-refractivity contribution in [3.8, 4) is 6.07 Å². The summed E-state index contributed by atoms with van der Waals surface area (Å²) in [5, 5.41) is 15.9. The lowest BCUT2D eigenvalue weighted by Gasteiger charge is -2.09. The first kappa shape index (κ1) is 18.5. The molecule has 0 aliphatic rings. The summed E-state index contributed by atoms with van der Waals surface area (Å²) in [5.74, 6) is 0.221. The number of aromatic nitrogens is 2. The molecule has 0 atom stereocenters. The van der Waals surface area contributed by atoms with Crippen molar-refractivity contribution in [2.75, 3.05) is 10.6 Å². The van der Waals surface area contributed by atoms with Crippen molar-refractivity contribution in [1.82, 2.24) is 9.97 Å². The fourth-order valence-corrected chi connectivity index (χ4v) is 3.68. The number of rotatable bonds is 4. The molecule has 6 nitrogen and oxygen atoms in total. The van der Waals surface area contributed by atoms with E-state index >= 15 is 0 Å². The Balaban J connectivity index is 1.82. The SMILES string of the molecule is Cc1cc(C)nc(Nc2cccc(C(=O)Nc3sc(C)c(C)c3C#N)c2)n1. The number of nitriles is 1. The summed E-state index contributed by atoms with van der Waals surface area (Å²) in [4.78, 5) is 22.4. The maximum absolute atomic E-state index is 12.6. The molecule has 0 aliphatic heterocycles. The molecule has 0 fully saturated rings. The van der Waals surface area contributed by atoms with Crippen molar-refractivity contribution in [1.29, 1.82) is 5.26 Å². The molecule has 136 valence electrons. The fourth-order valence-electron chi connectivity index (χ4n) is 2.67. The van der Waals surface area contributed by atoms with E-state index in [1.54, 1.807) is 18.2 Å². The van der Waals surface area contributed by atoms with Gasteiger partial charge in [-0.25, -0.2) is 9.97 Å². The van der Waals surface area contributed by atoms with Gasteiger partial charge >= 0.3 is 0 Å². The molecule has 0 aliphatic carbocycles. The summed E-state index contributed by atoms with van der Waals surface area (Å²) in [6, 6.07) is 11.1. The molecular weight excluding hydrogens is 358 g/mol. The van der Waals surface area contributed by atoms with Crippen LogP contribution in [0.1, 0.15) is 37.7 Å². The number of nitrogens with one attached hydrogen (secondary N) is 2. The number of hydrogen-bond acceptors (Lipinski definition) is 6. The molecule has 0 spiro atoms. The number of thiophene rings is 1. The minimum Gasteiger partial charge on any atom is -0.324 e. The van der Waals surface area contributed by atoms with Crippen molar-refractivity contribution < 1.29 is 4.79 Å². The van der Waals surface area contributed by atoms with Crippen LogP contribution in [0.3, 0.4) is 0 Å². The lowest BCUT2D eigenvalue weighted by Crippen LogP contribution is -2.12. The molecule has 7 heteroatoms. The molecule has 0 bridgehead atoms. The highest BCUT2D eigenvalue weighted by Gasteiger charge is 2.16. The normalized spacial score (nSPS) is 10.3. The third-order valence-corrected chi connectivity index (χ3v) is 5.21. The summed E-state index contributed by atoms with van der Waals surface area (Å²) in [7, 11) is 0. The van der Waals surface area contributed by atoms with Gasteiger partial charge in [0, 0.05) is 27.5 Å². The second-order valence-corrected chi connectivity index (χ2v) is 7.46. The second kappa shape index (κ2) is 7.56. The van der Waals surface area contributed by atoms with Crippen molar-refractivity contribution in [3.63, 3.8) is 0 Å². The maximum Gasteiger partial charge on any atom is 0.256 e. The Labute approximate surface area is 161 Å². The molecule has 27 heavy (non-hydrogen) atoms. The van der Waals surface area contributed by atoms with E-state index in [1.165, 1.54) is 11.3 Å². The van der Waals surface area contributed by atoms with Gasteiger partial charge in [0.15, 0.2) is 0 Å². The summed E-state index contributed by atoms with van der Waals surface area (Å²) in [6.07, 6.45) is 0. The van der Waals surface area contributed by atoms with Crippen molar-refractivity contribution in [3.05, 3.63) is 63.3 Å². The van der Waals surface area contributed by atoms with Gasteiger partial charge in [-0.3, -0.25) is 4.79 Å². The van der Waals surface area contributed by atoms with Gasteiger partial charge in [-0.15, -0.1) is 11.3 Å². The number of hydrogen-bond donors (Lipinski definition) is 2. The highest BCUT2D eigenvalue weighted by Crippen LogP contribution is 2.32. The Morgan fingerprint density at radius 1 is 1.11 bits per heavy atom. The van der Waals surface area contributed by atoms with E-state index in [9.17, 15) is 10.1 Å². The molecule has 0 saturated carbocycles. The predicted octanol–water partition coefficient (Wildman–Crippen LogP) is 4.64. The number of benzene rings is 1. The highest BCUT2D eigenvalue weighted by molar-refractivity contribution is 7.16. The van der Waals surface area contributed by atoms with Gasteiger partial charge in [0.05, 0.1) is 5.56 Å². The molecule has 3 aromatic rings. The average molecular weight is 377 g/mol. The van der Waals surface area contributed by atoms with Gasteiger partial charge in [0.25, 0.3) is 5.91 Å². The first-order valence-corrected chi connectivity index (χ1v) is 9.20. The van der Waals surface area contributed by atoms with Gasteiger partial charge in [0.2, 0.25) is 5.95 Å². The Kier molecular flexibility index (Phi) is 5.19. The molecule has 2 heterocycles. The lowest BCUT2D eigenvalue weighted by molar-refractivity contribution is 0.102. The largest absolute Gasteiger partial charge is 0.324 e. The van der Waals surface area contributed by atoms with Crippen molar-refractivity contribution in [2.45, 2.75) is 27.7 Å². The van der Waals surface area contributed by atoms with Gasteiger partial charge in [-0.1, -0.05) is 6.07 Å². The van der Waals surface area contributed by atoms with Gasteiger partial charge in [-0.2, -0.15) is 5.26 Å². The van der Waals surface area contributed by atoms with Crippen LogP contribution in [-0.2, 0) is 0 Å². The van der Waals surface area contributed by atoms with Gasteiger partial charge < -0.3 is 10.6 Å². The van der Waals surface area contributed by atoms with Crippen LogP contribution in [-0.4, -0.2) is 15.9 Å².